The number of carbonyl (C=O) groups excluding carboxylic acids is 1. The van der Waals surface area contributed by atoms with Crippen molar-refractivity contribution < 1.29 is 14.6 Å². The number of ketones is 1. The molecule has 1 N–H and O–H groups in total. The summed E-state index contributed by atoms with van der Waals surface area (Å²) < 4.78 is 5.20. The summed E-state index contributed by atoms with van der Waals surface area (Å²) in [6.45, 7) is 5.79. The van der Waals surface area contributed by atoms with Gasteiger partial charge in [0.1, 0.15) is 11.9 Å². The maximum absolute atomic E-state index is 12.1. The van der Waals surface area contributed by atoms with Crippen LogP contribution in [0.3, 0.4) is 0 Å². The van der Waals surface area contributed by atoms with Gasteiger partial charge in [-0.2, -0.15) is 0 Å². The van der Waals surface area contributed by atoms with Crippen LogP contribution in [0.4, 0.5) is 0 Å². The molecule has 1 aliphatic heterocycles. The first-order valence-electron chi connectivity index (χ1n) is 7.92. The topological polar surface area (TPSA) is 58.9 Å². The number of aliphatic imine (C=N–C) groups is 1. The van der Waals surface area contributed by atoms with Crippen LogP contribution in [0.25, 0.3) is 0 Å². The van der Waals surface area contributed by atoms with Crippen LogP contribution in [0.1, 0.15) is 46.6 Å². The van der Waals surface area contributed by atoms with E-state index in [4.69, 9.17) is 9.73 Å². The van der Waals surface area contributed by atoms with Crippen molar-refractivity contribution >= 4 is 22.6 Å². The molecule has 4 nitrogen and oxygen atoms in total. The zero-order valence-corrected chi connectivity index (χ0v) is 15.0. The van der Waals surface area contributed by atoms with E-state index >= 15 is 0 Å². The molecule has 0 radical (unpaired) electrons. The number of ether oxygens (including phenoxy) is 1. The van der Waals surface area contributed by atoms with Crippen molar-refractivity contribution in [2.45, 2.75) is 52.7 Å². The molecular weight excluding hydrogens is 322 g/mol. The minimum absolute atomic E-state index is 0. The Kier molecular flexibility index (Phi) is 7.49. The van der Waals surface area contributed by atoms with Crippen molar-refractivity contribution in [2.75, 3.05) is 12.9 Å². The Morgan fingerprint density at radius 2 is 2.00 bits per heavy atom. The van der Waals surface area contributed by atoms with Gasteiger partial charge in [-0.3, -0.25) is 9.79 Å². The molecule has 0 bridgehead atoms. The molecule has 0 amide bonds. The van der Waals surface area contributed by atoms with Crippen LogP contribution in [-0.4, -0.2) is 34.9 Å². The lowest BCUT2D eigenvalue weighted by Crippen LogP contribution is -2.30. The normalized spacial score (nSPS) is 21.7. The van der Waals surface area contributed by atoms with Gasteiger partial charge in [0.05, 0.1) is 24.1 Å². The van der Waals surface area contributed by atoms with Gasteiger partial charge < -0.3 is 9.84 Å². The summed E-state index contributed by atoms with van der Waals surface area (Å²) in [6.07, 6.45) is 0.233. The first-order chi connectivity index (χ1) is 10.9. The molecule has 1 aliphatic rings. The largest absolute Gasteiger partial charge is 0.497 e. The number of nitrogens with zero attached hydrogens (tertiary/aromatic N) is 1. The van der Waals surface area contributed by atoms with Crippen molar-refractivity contribution in [1.29, 1.82) is 0 Å². The highest BCUT2D eigenvalue weighted by Crippen LogP contribution is 2.37. The molecule has 1 heterocycles. The van der Waals surface area contributed by atoms with Crippen molar-refractivity contribution in [3.8, 4) is 5.75 Å². The SMILES string of the molecule is C.COc1ccc(C2(C)CCSC(CC(=O)[C@@H](O)C(C)C)=N2)cc1. The third-order valence-electron chi connectivity index (χ3n) is 4.23. The lowest BCUT2D eigenvalue weighted by atomic mass is 9.89. The molecule has 0 saturated carbocycles. The summed E-state index contributed by atoms with van der Waals surface area (Å²) in [4.78, 5) is 17.0. The highest BCUT2D eigenvalue weighted by molar-refractivity contribution is 8.14. The number of carbonyl (C=O) groups is 1. The maximum Gasteiger partial charge on any atom is 0.167 e. The van der Waals surface area contributed by atoms with Gasteiger partial charge in [-0.1, -0.05) is 33.4 Å². The summed E-state index contributed by atoms with van der Waals surface area (Å²) in [7, 11) is 1.65. The number of benzene rings is 1. The van der Waals surface area contributed by atoms with Gasteiger partial charge in [-0.05, 0) is 37.0 Å². The Balaban J connectivity index is 0.00000288. The summed E-state index contributed by atoms with van der Waals surface area (Å²) >= 11 is 1.62. The fourth-order valence-corrected chi connectivity index (χ4v) is 3.85. The van der Waals surface area contributed by atoms with Gasteiger partial charge in [0.15, 0.2) is 5.78 Å². The minimum atomic E-state index is -0.910. The molecule has 5 heteroatoms. The molecule has 1 aromatic rings. The summed E-state index contributed by atoms with van der Waals surface area (Å²) in [5.41, 5.74) is 0.795. The van der Waals surface area contributed by atoms with Crippen LogP contribution in [0.5, 0.6) is 5.75 Å². The van der Waals surface area contributed by atoms with Crippen LogP contribution in [0, 0.1) is 5.92 Å². The molecule has 0 spiro atoms. The van der Waals surface area contributed by atoms with Crippen LogP contribution in [-0.2, 0) is 10.3 Å². The summed E-state index contributed by atoms with van der Waals surface area (Å²) in [6, 6.07) is 7.93. The van der Waals surface area contributed by atoms with E-state index in [1.165, 1.54) is 0 Å². The Hall–Kier alpha value is -1.33. The van der Waals surface area contributed by atoms with Crippen LogP contribution < -0.4 is 4.74 Å². The Bertz CT molecular complexity index is 583. The average Bonchev–Trinajstić information content (AvgIpc) is 2.54. The van der Waals surface area contributed by atoms with E-state index in [0.717, 1.165) is 28.5 Å². The molecular formula is C19H29NO3S. The number of hydrogen-bond donors (Lipinski definition) is 1. The molecule has 0 aliphatic carbocycles. The van der Waals surface area contributed by atoms with Gasteiger partial charge in [0, 0.05) is 5.75 Å². The molecule has 1 unspecified atom stereocenters. The first kappa shape index (κ1) is 20.7. The second-order valence-corrected chi connectivity index (χ2v) is 7.61. The number of aliphatic hydroxyl groups is 1. The molecule has 24 heavy (non-hydrogen) atoms. The van der Waals surface area contributed by atoms with E-state index in [0.29, 0.717) is 0 Å². The van der Waals surface area contributed by atoms with Crippen LogP contribution in [0.15, 0.2) is 29.3 Å². The molecule has 134 valence electrons. The van der Waals surface area contributed by atoms with E-state index in [1.54, 1.807) is 18.9 Å². The number of hydrogen-bond acceptors (Lipinski definition) is 5. The fraction of sp³-hybridized carbons (Fsp3) is 0.579. The number of rotatable bonds is 6. The number of thioether (sulfide) groups is 1. The van der Waals surface area contributed by atoms with Gasteiger partial charge >= 0.3 is 0 Å². The maximum atomic E-state index is 12.1. The lowest BCUT2D eigenvalue weighted by molar-refractivity contribution is -0.127. The van der Waals surface area contributed by atoms with Crippen LogP contribution >= 0.6 is 11.8 Å². The van der Waals surface area contributed by atoms with Gasteiger partial charge in [0.25, 0.3) is 0 Å². The third kappa shape index (κ3) is 4.84. The monoisotopic (exact) mass is 351 g/mol. The zero-order chi connectivity index (χ0) is 17.0. The van der Waals surface area contributed by atoms with Crippen molar-refractivity contribution in [2.24, 2.45) is 10.9 Å². The Morgan fingerprint density at radius 3 is 2.54 bits per heavy atom. The van der Waals surface area contributed by atoms with Crippen molar-refractivity contribution in [3.63, 3.8) is 0 Å². The van der Waals surface area contributed by atoms with E-state index in [2.05, 4.69) is 6.92 Å². The van der Waals surface area contributed by atoms with E-state index in [1.807, 2.05) is 38.1 Å². The van der Waals surface area contributed by atoms with E-state index in [-0.39, 0.29) is 31.1 Å². The van der Waals surface area contributed by atoms with E-state index in [9.17, 15) is 9.90 Å². The summed E-state index contributed by atoms with van der Waals surface area (Å²) in [5, 5.41) is 10.7. The highest BCUT2D eigenvalue weighted by Gasteiger charge is 2.31. The molecule has 2 atom stereocenters. The average molecular weight is 352 g/mol. The third-order valence-corrected chi connectivity index (χ3v) is 5.20. The Morgan fingerprint density at radius 1 is 1.38 bits per heavy atom. The van der Waals surface area contributed by atoms with E-state index < -0.39 is 6.10 Å². The number of Topliss-reactive ketones (excluding diaryl/α,β-unsaturated/α-hetero) is 1. The second kappa shape index (κ2) is 8.67. The van der Waals surface area contributed by atoms with Gasteiger partial charge in [0.2, 0.25) is 0 Å². The minimum Gasteiger partial charge on any atom is -0.497 e. The zero-order valence-electron chi connectivity index (χ0n) is 14.2. The van der Waals surface area contributed by atoms with Gasteiger partial charge in [-0.25, -0.2) is 0 Å². The predicted molar refractivity (Wildman–Crippen MR) is 102 cm³/mol. The predicted octanol–water partition coefficient (Wildman–Crippen LogP) is 4.06. The van der Waals surface area contributed by atoms with Crippen molar-refractivity contribution in [3.05, 3.63) is 29.8 Å². The molecule has 1 aromatic carbocycles. The van der Waals surface area contributed by atoms with Crippen molar-refractivity contribution in [1.82, 2.24) is 0 Å². The second-order valence-electron chi connectivity index (χ2n) is 6.44. The van der Waals surface area contributed by atoms with Crippen LogP contribution in [0.2, 0.25) is 0 Å². The Labute approximate surface area is 149 Å². The standard InChI is InChI=1S/C18H25NO3S.CH4/c1-12(2)17(21)15(20)11-16-19-18(3,9-10-23-16)13-5-7-14(22-4)8-6-13;/h5-8,12,17,21H,9-11H2,1-4H3;1H4/t17-,18?;/m0./s1. The lowest BCUT2D eigenvalue weighted by Gasteiger charge is -2.31. The number of methoxy groups -OCH3 is 1. The molecule has 0 aromatic heterocycles. The number of aliphatic hydroxyl groups excluding tert-OH is 1. The summed E-state index contributed by atoms with van der Waals surface area (Å²) in [5.74, 6) is 1.53. The fourth-order valence-electron chi connectivity index (χ4n) is 2.61. The smallest absolute Gasteiger partial charge is 0.167 e. The molecule has 0 fully saturated rings. The van der Waals surface area contributed by atoms with Gasteiger partial charge in [-0.15, -0.1) is 11.8 Å². The first-order valence-corrected chi connectivity index (χ1v) is 8.91. The molecule has 2 rings (SSSR count). The quantitative estimate of drug-likeness (QED) is 0.840. The highest BCUT2D eigenvalue weighted by atomic mass is 32.2. The molecule has 0 saturated heterocycles.